The molecule has 2 amide bonds. The lowest BCUT2D eigenvalue weighted by atomic mass is 9.83. The lowest BCUT2D eigenvalue weighted by Gasteiger charge is -2.42. The van der Waals surface area contributed by atoms with E-state index in [1.165, 1.54) is 6.92 Å². The third kappa shape index (κ3) is 6.56. The maximum absolute atomic E-state index is 13.5. The van der Waals surface area contributed by atoms with Crippen LogP contribution in [-0.4, -0.2) is 71.5 Å². The number of rotatable bonds is 10. The first kappa shape index (κ1) is 28.1. The molecule has 0 saturated carbocycles. The van der Waals surface area contributed by atoms with Gasteiger partial charge < -0.3 is 15.3 Å². The van der Waals surface area contributed by atoms with Gasteiger partial charge in [-0.1, -0.05) is 54.5 Å². The van der Waals surface area contributed by atoms with E-state index in [2.05, 4.69) is 5.32 Å². The van der Waals surface area contributed by atoms with E-state index < -0.39 is 29.0 Å². The van der Waals surface area contributed by atoms with Crippen LogP contribution < -0.4 is 5.32 Å². The van der Waals surface area contributed by atoms with Crippen molar-refractivity contribution in [1.29, 1.82) is 0 Å². The number of carbonyl (C=O) groups excluding carboxylic acids is 2. The molecule has 0 bridgehead atoms. The van der Waals surface area contributed by atoms with Crippen LogP contribution in [0.15, 0.2) is 11.6 Å². The summed E-state index contributed by atoms with van der Waals surface area (Å²) in [6.45, 7) is 15.1. The van der Waals surface area contributed by atoms with Crippen molar-refractivity contribution in [3.05, 3.63) is 11.6 Å². The van der Waals surface area contributed by atoms with E-state index in [4.69, 9.17) is 0 Å². The second-order valence-corrected chi connectivity index (χ2v) is 9.74. The van der Waals surface area contributed by atoms with Gasteiger partial charge in [0.15, 0.2) is 0 Å². The van der Waals surface area contributed by atoms with Crippen LogP contribution in [0.5, 0.6) is 0 Å². The Labute approximate surface area is 182 Å². The second kappa shape index (κ2) is 10.9. The zero-order valence-corrected chi connectivity index (χ0v) is 20.8. The maximum atomic E-state index is 13.5. The Hall–Kier alpha value is -1.89. The van der Waals surface area contributed by atoms with Crippen LogP contribution in [0.3, 0.4) is 0 Å². The topological polar surface area (TPSA) is 90.0 Å². The monoisotopic (exact) mass is 425 g/mol. The number of aliphatic carboxylic acids is 1. The lowest BCUT2D eigenvalue weighted by molar-refractivity contribution is -0.143. The minimum atomic E-state index is -1.01. The molecule has 0 radical (unpaired) electrons. The molecule has 0 aliphatic carbocycles. The molecule has 7 nitrogen and oxygen atoms in total. The van der Waals surface area contributed by atoms with E-state index in [0.717, 1.165) is 0 Å². The highest BCUT2D eigenvalue weighted by atomic mass is 16.4. The van der Waals surface area contributed by atoms with E-state index in [1.807, 2.05) is 67.5 Å². The van der Waals surface area contributed by atoms with E-state index in [1.54, 1.807) is 18.0 Å². The van der Waals surface area contributed by atoms with Crippen molar-refractivity contribution in [1.82, 2.24) is 15.1 Å². The summed E-state index contributed by atoms with van der Waals surface area (Å²) in [6.07, 6.45) is 2.85. The third-order valence-electron chi connectivity index (χ3n) is 6.07. The van der Waals surface area contributed by atoms with Crippen molar-refractivity contribution >= 4 is 17.8 Å². The van der Waals surface area contributed by atoms with Crippen LogP contribution >= 0.6 is 0 Å². The van der Waals surface area contributed by atoms with Gasteiger partial charge in [0.05, 0.1) is 11.6 Å². The summed E-state index contributed by atoms with van der Waals surface area (Å²) in [5, 5.41) is 12.3. The van der Waals surface area contributed by atoms with Crippen molar-refractivity contribution in [2.75, 3.05) is 21.1 Å². The summed E-state index contributed by atoms with van der Waals surface area (Å²) < 4.78 is 0. The largest absolute Gasteiger partial charge is 0.478 e. The average Bonchev–Trinajstić information content (AvgIpc) is 2.62. The predicted octanol–water partition coefficient (Wildman–Crippen LogP) is 3.15. The van der Waals surface area contributed by atoms with E-state index in [-0.39, 0.29) is 23.3 Å². The molecule has 2 atom stereocenters. The molecule has 0 aliphatic rings. The van der Waals surface area contributed by atoms with Crippen LogP contribution in [0.4, 0.5) is 0 Å². The Morgan fingerprint density at radius 1 is 1.03 bits per heavy atom. The SMILES string of the molecule is CCC(CC)(C(=O)NC(C(=O)N(C)C(/C=C(\C)C(=O)O)C(C)C)C(C)(C)C)N(C)C. The number of hydrogen-bond donors (Lipinski definition) is 2. The summed E-state index contributed by atoms with van der Waals surface area (Å²) in [4.78, 5) is 41.6. The van der Waals surface area contributed by atoms with E-state index >= 15 is 0 Å². The predicted molar refractivity (Wildman–Crippen MR) is 121 cm³/mol. The Balaban J connectivity index is 6.05. The van der Waals surface area contributed by atoms with E-state index in [0.29, 0.717) is 12.8 Å². The number of amides is 2. The smallest absolute Gasteiger partial charge is 0.331 e. The van der Waals surface area contributed by atoms with Crippen molar-refractivity contribution in [2.45, 2.75) is 85.9 Å². The molecule has 0 aromatic carbocycles. The van der Waals surface area contributed by atoms with Gasteiger partial charge in [0, 0.05) is 12.6 Å². The van der Waals surface area contributed by atoms with Crippen LogP contribution in [0.2, 0.25) is 0 Å². The first-order valence-corrected chi connectivity index (χ1v) is 10.7. The number of carbonyl (C=O) groups is 3. The van der Waals surface area contributed by atoms with Crippen molar-refractivity contribution in [3.63, 3.8) is 0 Å². The molecule has 0 aromatic rings. The highest BCUT2D eigenvalue weighted by molar-refractivity contribution is 5.93. The molecule has 174 valence electrons. The molecule has 0 rings (SSSR count). The molecule has 0 fully saturated rings. The molecule has 7 heteroatoms. The van der Waals surface area contributed by atoms with Crippen molar-refractivity contribution in [2.24, 2.45) is 11.3 Å². The molecule has 2 unspecified atom stereocenters. The van der Waals surface area contributed by atoms with Gasteiger partial charge in [-0.15, -0.1) is 0 Å². The third-order valence-corrected chi connectivity index (χ3v) is 6.07. The van der Waals surface area contributed by atoms with Crippen LogP contribution in [0, 0.1) is 11.3 Å². The van der Waals surface area contributed by atoms with Crippen molar-refractivity contribution < 1.29 is 19.5 Å². The molecule has 2 N–H and O–H groups in total. The zero-order valence-electron chi connectivity index (χ0n) is 20.8. The molecule has 0 aliphatic heterocycles. The van der Waals surface area contributed by atoms with Gasteiger partial charge in [0.25, 0.3) is 0 Å². The number of likely N-dealkylation sites (N-methyl/N-ethyl adjacent to an activating group) is 2. The number of nitrogens with zero attached hydrogens (tertiary/aromatic N) is 2. The summed E-state index contributed by atoms with van der Waals surface area (Å²) in [5.41, 5.74) is -1.03. The van der Waals surface area contributed by atoms with Gasteiger partial charge in [-0.05, 0) is 45.2 Å². The summed E-state index contributed by atoms with van der Waals surface area (Å²) >= 11 is 0. The molecular formula is C23H43N3O4. The second-order valence-electron chi connectivity index (χ2n) is 9.74. The summed E-state index contributed by atoms with van der Waals surface area (Å²) in [5.74, 6) is -1.40. The van der Waals surface area contributed by atoms with E-state index in [9.17, 15) is 19.5 Å². The molecular weight excluding hydrogens is 382 g/mol. The fourth-order valence-corrected chi connectivity index (χ4v) is 3.75. The Morgan fingerprint density at radius 3 is 1.80 bits per heavy atom. The van der Waals surface area contributed by atoms with Gasteiger partial charge in [-0.2, -0.15) is 0 Å². The number of nitrogens with one attached hydrogen (secondary N) is 1. The summed E-state index contributed by atoms with van der Waals surface area (Å²) in [7, 11) is 5.42. The van der Waals surface area contributed by atoms with Gasteiger partial charge in [0.2, 0.25) is 11.8 Å². The van der Waals surface area contributed by atoms with Crippen LogP contribution in [0.25, 0.3) is 0 Å². The molecule has 0 heterocycles. The number of hydrogen-bond acceptors (Lipinski definition) is 4. The fraction of sp³-hybridized carbons (Fsp3) is 0.783. The Kier molecular flexibility index (Phi) is 10.2. The minimum Gasteiger partial charge on any atom is -0.478 e. The van der Waals surface area contributed by atoms with Gasteiger partial charge in [0.1, 0.15) is 6.04 Å². The Morgan fingerprint density at radius 2 is 1.50 bits per heavy atom. The highest BCUT2D eigenvalue weighted by Crippen LogP contribution is 2.27. The maximum Gasteiger partial charge on any atom is 0.331 e. The van der Waals surface area contributed by atoms with Gasteiger partial charge in [-0.3, -0.25) is 14.5 Å². The number of carboxylic acids is 1. The fourth-order valence-electron chi connectivity index (χ4n) is 3.75. The highest BCUT2D eigenvalue weighted by Gasteiger charge is 2.43. The first-order valence-electron chi connectivity index (χ1n) is 10.7. The molecule has 0 spiro atoms. The van der Waals surface area contributed by atoms with Gasteiger partial charge >= 0.3 is 5.97 Å². The average molecular weight is 426 g/mol. The molecule has 0 saturated heterocycles. The number of carboxylic acid groups (broad SMARTS) is 1. The first-order chi connectivity index (χ1) is 13.6. The normalized spacial score (nSPS) is 15.2. The van der Waals surface area contributed by atoms with Crippen molar-refractivity contribution in [3.8, 4) is 0 Å². The molecule has 30 heavy (non-hydrogen) atoms. The Bertz CT molecular complexity index is 643. The zero-order chi connectivity index (χ0) is 24.0. The van der Waals surface area contributed by atoms with Crippen LogP contribution in [0.1, 0.15) is 68.2 Å². The minimum absolute atomic E-state index is 0.0109. The molecule has 0 aromatic heterocycles. The standard InChI is InChI=1S/C23H43N3O4/c1-12-23(13-2,25(9)10)21(30)24-18(22(6,7)8)19(27)26(11)17(15(3)4)14-16(5)20(28)29/h14-15,17-18H,12-13H2,1-11H3,(H,24,30)(H,28,29)/b16-14+. The van der Waals surface area contributed by atoms with Crippen LogP contribution in [-0.2, 0) is 14.4 Å². The summed E-state index contributed by atoms with van der Waals surface area (Å²) in [6, 6.07) is -1.14. The quantitative estimate of drug-likeness (QED) is 0.525. The van der Waals surface area contributed by atoms with Gasteiger partial charge in [-0.25, -0.2) is 4.79 Å². The lowest BCUT2D eigenvalue weighted by Crippen LogP contribution is -2.63.